The van der Waals surface area contributed by atoms with E-state index in [1.165, 1.54) is 0 Å². The molecule has 0 saturated heterocycles. The van der Waals surface area contributed by atoms with Crippen LogP contribution in [0.1, 0.15) is 38.3 Å². The van der Waals surface area contributed by atoms with Gasteiger partial charge in [-0.3, -0.25) is 4.79 Å². The molecule has 0 saturated carbocycles. The van der Waals surface area contributed by atoms with E-state index >= 15 is 0 Å². The Morgan fingerprint density at radius 2 is 1.59 bits per heavy atom. The third kappa shape index (κ3) is 12.4. The van der Waals surface area contributed by atoms with Crippen molar-refractivity contribution in [3.63, 3.8) is 0 Å². The predicted molar refractivity (Wildman–Crippen MR) is 146 cm³/mol. The van der Waals surface area contributed by atoms with Crippen LogP contribution >= 0.6 is 0 Å². The zero-order chi connectivity index (χ0) is 30.4. The van der Waals surface area contributed by atoms with E-state index in [0.29, 0.717) is 11.3 Å². The lowest BCUT2D eigenvalue weighted by atomic mass is 10.1. The number of nitrogens with one attached hydrogen (secondary N) is 3. The number of esters is 1. The number of ether oxygens (including phenoxy) is 4. The van der Waals surface area contributed by atoms with Crippen molar-refractivity contribution < 1.29 is 48.0 Å². The van der Waals surface area contributed by atoms with Gasteiger partial charge in [-0.2, -0.15) is 0 Å². The summed E-state index contributed by atoms with van der Waals surface area (Å²) in [6, 6.07) is 13.8. The first-order chi connectivity index (χ1) is 19.4. The normalized spacial score (nSPS) is 12.3. The van der Waals surface area contributed by atoms with Crippen molar-refractivity contribution in [3.8, 4) is 0 Å². The number of methoxy groups -OCH3 is 1. The zero-order valence-corrected chi connectivity index (χ0v) is 23.3. The second-order valence-corrected chi connectivity index (χ2v) is 9.70. The summed E-state index contributed by atoms with van der Waals surface area (Å²) in [6.07, 6.45) is -3.51. The molecular weight excluding hydrogens is 538 g/mol. The average molecular weight is 574 g/mol. The number of carboxylic acids is 1. The lowest BCUT2D eigenvalue weighted by Crippen LogP contribution is -2.54. The third-order valence-corrected chi connectivity index (χ3v) is 5.15. The van der Waals surface area contributed by atoms with E-state index in [-0.39, 0.29) is 32.1 Å². The summed E-state index contributed by atoms with van der Waals surface area (Å²) in [6.45, 7) is 4.69. The molecule has 0 bridgehead atoms. The first-order valence-corrected chi connectivity index (χ1v) is 12.6. The summed E-state index contributed by atoms with van der Waals surface area (Å²) in [7, 11) is 1.04. The number of alkyl carbamates (subject to hydrolysis) is 2. The number of carbonyl (C=O) groups is 5. The van der Waals surface area contributed by atoms with E-state index in [9.17, 15) is 29.1 Å². The quantitative estimate of drug-likeness (QED) is 0.206. The van der Waals surface area contributed by atoms with Crippen molar-refractivity contribution in [1.29, 1.82) is 0 Å². The van der Waals surface area contributed by atoms with Crippen LogP contribution in [-0.2, 0) is 46.5 Å². The lowest BCUT2D eigenvalue weighted by molar-refractivity contribution is -0.162. The SMILES string of the molecule is COC(=O)[C@@H](NC(=O)OC(C)(C)C)[C@H](OCc1cccc(NC(=O)CCNC(=O)OCc2ccccc2)c1)C(=O)O. The van der Waals surface area contributed by atoms with Crippen LogP contribution in [0, 0.1) is 0 Å². The Labute approximate surface area is 237 Å². The van der Waals surface area contributed by atoms with Crippen molar-refractivity contribution in [3.05, 3.63) is 65.7 Å². The minimum atomic E-state index is -1.80. The Bertz CT molecular complexity index is 1200. The van der Waals surface area contributed by atoms with Gasteiger partial charge in [0, 0.05) is 18.7 Å². The smallest absolute Gasteiger partial charge is 0.408 e. The molecule has 0 fully saturated rings. The summed E-state index contributed by atoms with van der Waals surface area (Å²) in [4.78, 5) is 60.5. The molecule has 0 aliphatic carbocycles. The number of rotatable bonds is 13. The summed E-state index contributed by atoms with van der Waals surface area (Å²) >= 11 is 0. The van der Waals surface area contributed by atoms with Crippen LogP contribution in [0.4, 0.5) is 15.3 Å². The van der Waals surface area contributed by atoms with Gasteiger partial charge in [0.1, 0.15) is 12.2 Å². The molecule has 0 heterocycles. The number of benzene rings is 2. The van der Waals surface area contributed by atoms with Crippen LogP contribution in [0.3, 0.4) is 0 Å². The molecule has 2 aromatic carbocycles. The number of carboxylic acid groups (broad SMARTS) is 1. The first-order valence-electron chi connectivity index (χ1n) is 12.6. The molecule has 2 rings (SSSR count). The van der Waals surface area contributed by atoms with Gasteiger partial charge in [-0.15, -0.1) is 0 Å². The molecule has 2 aromatic rings. The lowest BCUT2D eigenvalue weighted by Gasteiger charge is -2.25. The fourth-order valence-electron chi connectivity index (χ4n) is 3.33. The summed E-state index contributed by atoms with van der Waals surface area (Å²) in [5.41, 5.74) is 0.805. The largest absolute Gasteiger partial charge is 0.479 e. The van der Waals surface area contributed by atoms with Crippen molar-refractivity contribution in [2.24, 2.45) is 0 Å². The molecule has 41 heavy (non-hydrogen) atoms. The number of carbonyl (C=O) groups excluding carboxylic acids is 4. The first kappa shape index (κ1) is 32.6. The molecule has 0 radical (unpaired) electrons. The van der Waals surface area contributed by atoms with E-state index in [2.05, 4.69) is 20.7 Å². The van der Waals surface area contributed by atoms with Crippen LogP contribution in [0.5, 0.6) is 0 Å². The van der Waals surface area contributed by atoms with Crippen LogP contribution in [0.15, 0.2) is 54.6 Å². The maximum absolute atomic E-state index is 12.3. The van der Waals surface area contributed by atoms with E-state index in [1.54, 1.807) is 45.0 Å². The fourth-order valence-corrected chi connectivity index (χ4v) is 3.33. The van der Waals surface area contributed by atoms with E-state index in [0.717, 1.165) is 12.7 Å². The Morgan fingerprint density at radius 1 is 0.902 bits per heavy atom. The van der Waals surface area contributed by atoms with Crippen LogP contribution in [-0.4, -0.2) is 66.5 Å². The number of anilines is 1. The van der Waals surface area contributed by atoms with Crippen LogP contribution in [0.2, 0.25) is 0 Å². The van der Waals surface area contributed by atoms with Gasteiger partial charge in [-0.25, -0.2) is 19.2 Å². The van der Waals surface area contributed by atoms with E-state index in [4.69, 9.17) is 14.2 Å². The Morgan fingerprint density at radius 3 is 2.22 bits per heavy atom. The van der Waals surface area contributed by atoms with Gasteiger partial charge in [0.05, 0.1) is 13.7 Å². The Kier molecular flexibility index (Phi) is 12.6. The summed E-state index contributed by atoms with van der Waals surface area (Å²) in [5.74, 6) is -2.94. The monoisotopic (exact) mass is 573 g/mol. The van der Waals surface area contributed by atoms with Gasteiger partial charge >= 0.3 is 24.1 Å². The second kappa shape index (κ2) is 15.8. The predicted octanol–water partition coefficient (Wildman–Crippen LogP) is 2.98. The summed E-state index contributed by atoms with van der Waals surface area (Å²) in [5, 5.41) is 17.0. The van der Waals surface area contributed by atoms with Crippen LogP contribution in [0.25, 0.3) is 0 Å². The number of amides is 3. The Hall–Kier alpha value is -4.65. The summed E-state index contributed by atoms with van der Waals surface area (Å²) < 4.78 is 20.3. The highest BCUT2D eigenvalue weighted by Crippen LogP contribution is 2.15. The molecule has 4 N–H and O–H groups in total. The molecule has 0 spiro atoms. The highest BCUT2D eigenvalue weighted by atomic mass is 16.6. The molecule has 0 aromatic heterocycles. The molecule has 13 nitrogen and oxygen atoms in total. The molecule has 13 heteroatoms. The molecule has 2 atom stereocenters. The van der Waals surface area contributed by atoms with E-state index < -0.39 is 41.9 Å². The number of hydrogen-bond acceptors (Lipinski definition) is 9. The minimum absolute atomic E-state index is 0.0284. The molecule has 0 aliphatic heterocycles. The third-order valence-electron chi connectivity index (χ3n) is 5.15. The number of hydrogen-bond donors (Lipinski definition) is 4. The van der Waals surface area contributed by atoms with Gasteiger partial charge in [-0.05, 0) is 44.0 Å². The van der Waals surface area contributed by atoms with Crippen molar-refractivity contribution >= 4 is 35.7 Å². The number of aliphatic carboxylic acids is 1. The molecule has 0 unspecified atom stereocenters. The maximum Gasteiger partial charge on any atom is 0.408 e. The average Bonchev–Trinajstić information content (AvgIpc) is 2.90. The van der Waals surface area contributed by atoms with E-state index in [1.807, 2.05) is 30.3 Å². The highest BCUT2D eigenvalue weighted by Gasteiger charge is 2.38. The van der Waals surface area contributed by atoms with Crippen molar-refractivity contribution in [2.75, 3.05) is 19.0 Å². The Balaban J connectivity index is 1.89. The molecule has 3 amide bonds. The van der Waals surface area contributed by atoms with Gasteiger partial charge < -0.3 is 40.0 Å². The zero-order valence-electron chi connectivity index (χ0n) is 23.3. The highest BCUT2D eigenvalue weighted by molar-refractivity contribution is 5.91. The van der Waals surface area contributed by atoms with Gasteiger partial charge in [0.2, 0.25) is 5.91 Å². The van der Waals surface area contributed by atoms with Crippen molar-refractivity contribution in [2.45, 2.75) is 58.2 Å². The topological polar surface area (TPSA) is 179 Å². The standard InChI is InChI=1S/C28H35N3O10/c1-28(2,3)41-27(37)31-22(25(35)38-4)23(24(33)34)39-17-19-11-8-12-20(15-19)30-21(32)13-14-29-26(36)40-16-18-9-6-5-7-10-18/h5-12,15,22-23H,13-14,16-17H2,1-4H3,(H,29,36)(H,30,32)(H,31,37)(H,33,34)/t22-,23-/m0/s1. The van der Waals surface area contributed by atoms with Gasteiger partial charge in [-0.1, -0.05) is 42.5 Å². The fraction of sp³-hybridized carbons (Fsp3) is 0.393. The van der Waals surface area contributed by atoms with Crippen LogP contribution < -0.4 is 16.0 Å². The maximum atomic E-state index is 12.3. The van der Waals surface area contributed by atoms with Crippen molar-refractivity contribution in [1.82, 2.24) is 10.6 Å². The minimum Gasteiger partial charge on any atom is -0.479 e. The molecule has 0 aliphatic rings. The second-order valence-electron chi connectivity index (χ2n) is 9.70. The van der Waals surface area contributed by atoms with Gasteiger partial charge in [0.15, 0.2) is 12.1 Å². The molecule has 222 valence electrons. The molecular formula is C28H35N3O10. The van der Waals surface area contributed by atoms with Gasteiger partial charge in [0.25, 0.3) is 0 Å².